The van der Waals surface area contributed by atoms with Crippen LogP contribution in [0.3, 0.4) is 0 Å². The van der Waals surface area contributed by atoms with E-state index >= 15 is 0 Å². The van der Waals surface area contributed by atoms with Crippen LogP contribution in [0.25, 0.3) is 11.6 Å². The maximum Gasteiger partial charge on any atom is 0.269 e. The molecule has 0 aliphatic carbocycles. The molecule has 0 fully saturated rings. The second kappa shape index (κ2) is 11.9. The number of non-ortho nitro benzene ring substituents is 1. The summed E-state index contributed by atoms with van der Waals surface area (Å²) in [5, 5.41) is 23.5. The fraction of sp³-hybridized carbons (Fsp3) is 0.185. The van der Waals surface area contributed by atoms with Crippen molar-refractivity contribution in [2.24, 2.45) is 0 Å². The summed E-state index contributed by atoms with van der Waals surface area (Å²) in [7, 11) is 0. The van der Waals surface area contributed by atoms with E-state index in [4.69, 9.17) is 21.1 Å². The molecule has 0 unspecified atom stereocenters. The standard InChI is InChI=1S/C27H24ClN3O5/c1-4-35-25-14-19(12-21(15-29)20-6-9-23(10-7-20)31(33)34)13-24(28)27(25)36-16-26(32)30-22-8-5-17(2)18(3)11-22/h5-14H,4,16H2,1-3H3,(H,30,32)/b21-12+. The van der Waals surface area contributed by atoms with E-state index in [-0.39, 0.29) is 34.5 Å². The number of carbonyl (C=O) groups is 1. The first-order chi connectivity index (χ1) is 17.2. The van der Waals surface area contributed by atoms with Crippen molar-refractivity contribution in [1.82, 2.24) is 0 Å². The lowest BCUT2D eigenvalue weighted by Crippen LogP contribution is -2.20. The summed E-state index contributed by atoms with van der Waals surface area (Å²) in [6, 6.07) is 16.6. The van der Waals surface area contributed by atoms with Gasteiger partial charge in [-0.25, -0.2) is 0 Å². The molecule has 0 saturated heterocycles. The van der Waals surface area contributed by atoms with E-state index in [0.717, 1.165) is 11.1 Å². The Kier molecular flexibility index (Phi) is 8.66. The van der Waals surface area contributed by atoms with Gasteiger partial charge in [-0.15, -0.1) is 0 Å². The smallest absolute Gasteiger partial charge is 0.269 e. The number of carbonyl (C=O) groups excluding carboxylic acids is 1. The van der Waals surface area contributed by atoms with Crippen LogP contribution in [-0.2, 0) is 4.79 Å². The van der Waals surface area contributed by atoms with Crippen molar-refractivity contribution in [3.05, 3.63) is 92.0 Å². The zero-order valence-corrected chi connectivity index (χ0v) is 20.8. The first-order valence-electron chi connectivity index (χ1n) is 11.0. The second-order valence-electron chi connectivity index (χ2n) is 7.87. The molecule has 3 rings (SSSR count). The predicted molar refractivity (Wildman–Crippen MR) is 139 cm³/mol. The third-order valence-corrected chi connectivity index (χ3v) is 5.57. The largest absolute Gasteiger partial charge is 0.490 e. The molecular weight excluding hydrogens is 482 g/mol. The highest BCUT2D eigenvalue weighted by Gasteiger charge is 2.15. The number of hydrogen-bond acceptors (Lipinski definition) is 6. The van der Waals surface area contributed by atoms with Gasteiger partial charge in [-0.2, -0.15) is 5.26 Å². The molecule has 0 heterocycles. The summed E-state index contributed by atoms with van der Waals surface area (Å²) in [5.74, 6) is 0.168. The molecule has 184 valence electrons. The van der Waals surface area contributed by atoms with Crippen LogP contribution in [0.1, 0.15) is 29.2 Å². The summed E-state index contributed by atoms with van der Waals surface area (Å²) in [6.07, 6.45) is 1.59. The summed E-state index contributed by atoms with van der Waals surface area (Å²) < 4.78 is 11.4. The molecule has 8 nitrogen and oxygen atoms in total. The number of nitrogens with zero attached hydrogens (tertiary/aromatic N) is 2. The zero-order chi connectivity index (χ0) is 26.2. The minimum absolute atomic E-state index is 0.0687. The summed E-state index contributed by atoms with van der Waals surface area (Å²) >= 11 is 6.46. The van der Waals surface area contributed by atoms with Gasteiger partial charge in [-0.3, -0.25) is 14.9 Å². The number of hydrogen-bond donors (Lipinski definition) is 1. The Balaban J connectivity index is 1.81. The molecule has 0 aliphatic rings. The number of ether oxygens (including phenoxy) is 2. The van der Waals surface area contributed by atoms with Crippen LogP contribution >= 0.6 is 11.6 Å². The Morgan fingerprint density at radius 1 is 1.11 bits per heavy atom. The summed E-state index contributed by atoms with van der Waals surface area (Å²) in [4.78, 5) is 22.8. The second-order valence-corrected chi connectivity index (χ2v) is 8.28. The van der Waals surface area contributed by atoms with Crippen molar-refractivity contribution < 1.29 is 19.2 Å². The molecule has 0 bridgehead atoms. The van der Waals surface area contributed by atoms with Crippen molar-refractivity contribution in [2.45, 2.75) is 20.8 Å². The number of rotatable bonds is 9. The molecule has 9 heteroatoms. The average Bonchev–Trinajstić information content (AvgIpc) is 2.84. The van der Waals surface area contributed by atoms with Crippen molar-refractivity contribution in [2.75, 3.05) is 18.5 Å². The number of anilines is 1. The Labute approximate surface area is 213 Å². The summed E-state index contributed by atoms with van der Waals surface area (Å²) in [5.41, 5.74) is 4.14. The monoisotopic (exact) mass is 505 g/mol. The van der Waals surface area contributed by atoms with Gasteiger partial charge in [0.15, 0.2) is 18.1 Å². The molecule has 1 N–H and O–H groups in total. The number of nitro benzene ring substituents is 1. The highest BCUT2D eigenvalue weighted by Crippen LogP contribution is 2.38. The molecule has 0 aliphatic heterocycles. The number of nitro groups is 1. The lowest BCUT2D eigenvalue weighted by molar-refractivity contribution is -0.384. The van der Waals surface area contributed by atoms with E-state index in [9.17, 15) is 20.2 Å². The van der Waals surface area contributed by atoms with Gasteiger partial charge < -0.3 is 14.8 Å². The quantitative estimate of drug-likeness (QED) is 0.157. The fourth-order valence-corrected chi connectivity index (χ4v) is 3.61. The first-order valence-corrected chi connectivity index (χ1v) is 11.4. The van der Waals surface area contributed by atoms with Crippen molar-refractivity contribution in [3.8, 4) is 17.6 Å². The van der Waals surface area contributed by atoms with Gasteiger partial charge in [0, 0.05) is 17.8 Å². The van der Waals surface area contributed by atoms with E-state index in [1.165, 1.54) is 24.3 Å². The molecule has 3 aromatic carbocycles. The third kappa shape index (κ3) is 6.62. The summed E-state index contributed by atoms with van der Waals surface area (Å²) in [6.45, 7) is 5.79. The molecule has 3 aromatic rings. The molecule has 0 spiro atoms. The number of nitrogens with one attached hydrogen (secondary N) is 1. The van der Waals surface area contributed by atoms with Crippen molar-refractivity contribution in [3.63, 3.8) is 0 Å². The van der Waals surface area contributed by atoms with E-state index in [0.29, 0.717) is 29.2 Å². The fourth-order valence-electron chi connectivity index (χ4n) is 3.34. The molecule has 36 heavy (non-hydrogen) atoms. The molecule has 0 radical (unpaired) electrons. The van der Waals surface area contributed by atoms with Gasteiger partial charge in [0.25, 0.3) is 11.6 Å². The topological polar surface area (TPSA) is 114 Å². The first kappa shape index (κ1) is 26.3. The van der Waals surface area contributed by atoms with E-state index in [1.54, 1.807) is 25.1 Å². The maximum atomic E-state index is 12.4. The zero-order valence-electron chi connectivity index (χ0n) is 20.0. The number of halogens is 1. The lowest BCUT2D eigenvalue weighted by atomic mass is 10.0. The van der Waals surface area contributed by atoms with Crippen LogP contribution in [0.2, 0.25) is 5.02 Å². The van der Waals surface area contributed by atoms with Gasteiger partial charge in [-0.05, 0) is 85.5 Å². The van der Waals surface area contributed by atoms with Crippen LogP contribution in [-0.4, -0.2) is 24.0 Å². The van der Waals surface area contributed by atoms with Crippen molar-refractivity contribution in [1.29, 1.82) is 5.26 Å². The molecule has 0 saturated carbocycles. The highest BCUT2D eigenvalue weighted by molar-refractivity contribution is 6.32. The van der Waals surface area contributed by atoms with Gasteiger partial charge in [0.2, 0.25) is 0 Å². The Morgan fingerprint density at radius 3 is 2.44 bits per heavy atom. The lowest BCUT2D eigenvalue weighted by Gasteiger charge is -2.15. The van der Waals surface area contributed by atoms with Gasteiger partial charge in [0.05, 0.1) is 28.2 Å². The number of amides is 1. The Morgan fingerprint density at radius 2 is 1.83 bits per heavy atom. The number of nitriles is 1. The number of allylic oxidation sites excluding steroid dienone is 1. The minimum Gasteiger partial charge on any atom is -0.490 e. The SMILES string of the molecule is CCOc1cc(/C=C(\C#N)c2ccc([N+](=O)[O-])cc2)cc(Cl)c1OCC(=O)Nc1ccc(C)c(C)c1. The predicted octanol–water partition coefficient (Wildman–Crippen LogP) is 6.35. The van der Waals surface area contributed by atoms with Crippen LogP contribution in [0.5, 0.6) is 11.5 Å². The molecular formula is C27H24ClN3O5. The number of aryl methyl sites for hydroxylation is 2. The third-order valence-electron chi connectivity index (χ3n) is 5.29. The molecule has 0 atom stereocenters. The van der Waals surface area contributed by atoms with Crippen LogP contribution < -0.4 is 14.8 Å². The molecule has 0 aromatic heterocycles. The van der Waals surface area contributed by atoms with E-state index < -0.39 is 4.92 Å². The normalized spacial score (nSPS) is 10.9. The number of benzene rings is 3. The average molecular weight is 506 g/mol. The van der Waals surface area contributed by atoms with Crippen LogP contribution in [0.15, 0.2) is 54.6 Å². The Bertz CT molecular complexity index is 1360. The van der Waals surface area contributed by atoms with Gasteiger partial charge in [0.1, 0.15) is 0 Å². The minimum atomic E-state index is -0.505. The molecule has 1 amide bonds. The maximum absolute atomic E-state index is 12.4. The highest BCUT2D eigenvalue weighted by atomic mass is 35.5. The van der Waals surface area contributed by atoms with Gasteiger partial charge in [-0.1, -0.05) is 17.7 Å². The van der Waals surface area contributed by atoms with Crippen LogP contribution in [0.4, 0.5) is 11.4 Å². The van der Waals surface area contributed by atoms with E-state index in [2.05, 4.69) is 11.4 Å². The van der Waals surface area contributed by atoms with Crippen LogP contribution in [0, 0.1) is 35.3 Å². The van der Waals surface area contributed by atoms with Crippen molar-refractivity contribution >= 4 is 40.5 Å². The Hall–Kier alpha value is -4.35. The van der Waals surface area contributed by atoms with Gasteiger partial charge >= 0.3 is 0 Å². The van der Waals surface area contributed by atoms with E-state index in [1.807, 2.05) is 32.0 Å².